The van der Waals surface area contributed by atoms with Gasteiger partial charge in [0.15, 0.2) is 11.5 Å². The van der Waals surface area contributed by atoms with E-state index in [0.717, 1.165) is 0 Å². The quantitative estimate of drug-likeness (QED) is 0.811. The first-order valence-corrected chi connectivity index (χ1v) is 6.46. The van der Waals surface area contributed by atoms with Gasteiger partial charge in [-0.2, -0.15) is 0 Å². The van der Waals surface area contributed by atoms with Crippen LogP contribution in [0.5, 0.6) is 11.5 Å². The van der Waals surface area contributed by atoms with E-state index < -0.39 is 17.5 Å². The third-order valence-electron chi connectivity index (χ3n) is 3.21. The molecule has 0 spiro atoms. The van der Waals surface area contributed by atoms with Crippen molar-refractivity contribution in [1.82, 2.24) is 0 Å². The molecule has 5 heteroatoms. The van der Waals surface area contributed by atoms with Crippen LogP contribution in [0.1, 0.15) is 32.4 Å². The Kier molecular flexibility index (Phi) is 5.39. The van der Waals surface area contributed by atoms with Crippen LogP contribution < -0.4 is 9.47 Å². The van der Waals surface area contributed by atoms with E-state index in [-0.39, 0.29) is 6.61 Å². The molecule has 20 heavy (non-hydrogen) atoms. The van der Waals surface area contributed by atoms with Crippen molar-refractivity contribution < 1.29 is 24.1 Å². The lowest BCUT2D eigenvalue weighted by Gasteiger charge is -2.29. The Bertz CT molecular complexity index is 467. The Hall–Kier alpha value is -1.75. The molecular weight excluding hydrogens is 260 g/mol. The summed E-state index contributed by atoms with van der Waals surface area (Å²) in [6.45, 7) is 5.26. The van der Waals surface area contributed by atoms with Gasteiger partial charge in [-0.15, -0.1) is 0 Å². The number of rotatable bonds is 6. The lowest BCUT2D eigenvalue weighted by Crippen LogP contribution is -2.33. The minimum absolute atomic E-state index is 0.268. The maximum absolute atomic E-state index is 12.0. The van der Waals surface area contributed by atoms with E-state index in [4.69, 9.17) is 14.2 Å². The fourth-order valence-electron chi connectivity index (χ4n) is 1.94. The van der Waals surface area contributed by atoms with E-state index in [2.05, 4.69) is 0 Å². The van der Waals surface area contributed by atoms with Crippen molar-refractivity contribution in [3.8, 4) is 11.5 Å². The zero-order valence-corrected chi connectivity index (χ0v) is 12.6. The number of hydrogen-bond donors (Lipinski definition) is 1. The van der Waals surface area contributed by atoms with Crippen molar-refractivity contribution in [3.05, 3.63) is 23.8 Å². The molecule has 1 aromatic carbocycles. The Morgan fingerprint density at radius 3 is 2.45 bits per heavy atom. The van der Waals surface area contributed by atoms with E-state index in [1.54, 1.807) is 39.0 Å². The highest BCUT2D eigenvalue weighted by Gasteiger charge is 2.40. The minimum Gasteiger partial charge on any atom is -0.493 e. The molecular formula is C15H22O5. The predicted molar refractivity (Wildman–Crippen MR) is 74.9 cm³/mol. The molecule has 0 aromatic heterocycles. The predicted octanol–water partition coefficient (Wildman–Crippen LogP) is 2.33. The summed E-state index contributed by atoms with van der Waals surface area (Å²) in [5, 5.41) is 10.5. The first-order chi connectivity index (χ1) is 9.39. The second kappa shape index (κ2) is 6.61. The smallest absolute Gasteiger partial charge is 0.314 e. The summed E-state index contributed by atoms with van der Waals surface area (Å²) in [5.74, 6) is 0.459. The minimum atomic E-state index is -1.09. The normalized spacial score (nSPS) is 12.7. The molecule has 0 fully saturated rings. The van der Waals surface area contributed by atoms with Crippen molar-refractivity contribution in [1.29, 1.82) is 0 Å². The Morgan fingerprint density at radius 1 is 1.30 bits per heavy atom. The number of aliphatic hydroxyl groups is 1. The van der Waals surface area contributed by atoms with Gasteiger partial charge in [-0.1, -0.05) is 12.1 Å². The highest BCUT2D eigenvalue weighted by molar-refractivity contribution is 5.77. The van der Waals surface area contributed by atoms with Gasteiger partial charge in [0.25, 0.3) is 0 Å². The molecule has 0 aliphatic rings. The number of para-hydroxylation sites is 1. The maximum Gasteiger partial charge on any atom is 0.314 e. The van der Waals surface area contributed by atoms with Crippen molar-refractivity contribution in [2.75, 3.05) is 20.8 Å². The molecule has 1 unspecified atom stereocenters. The molecule has 0 aliphatic heterocycles. The van der Waals surface area contributed by atoms with E-state index >= 15 is 0 Å². The van der Waals surface area contributed by atoms with Gasteiger partial charge in [-0.05, 0) is 26.8 Å². The van der Waals surface area contributed by atoms with E-state index in [1.807, 2.05) is 0 Å². The third kappa shape index (κ3) is 3.04. The first kappa shape index (κ1) is 16.3. The fraction of sp³-hybridized carbons (Fsp3) is 0.533. The van der Waals surface area contributed by atoms with Gasteiger partial charge in [0.05, 0.1) is 32.3 Å². The molecule has 0 saturated carbocycles. The SMILES string of the molecule is CCOC(=O)C(C)(C)C(O)c1cccc(OC)c1OC. The molecule has 0 radical (unpaired) electrons. The van der Waals surface area contributed by atoms with Crippen LogP contribution in [0, 0.1) is 5.41 Å². The highest BCUT2D eigenvalue weighted by Crippen LogP contribution is 2.42. The zero-order chi connectivity index (χ0) is 15.3. The Balaban J connectivity index is 3.20. The van der Waals surface area contributed by atoms with Gasteiger partial charge in [0.1, 0.15) is 0 Å². The van der Waals surface area contributed by atoms with Crippen LogP contribution in [0.2, 0.25) is 0 Å². The van der Waals surface area contributed by atoms with Crippen molar-refractivity contribution in [2.45, 2.75) is 26.9 Å². The number of benzene rings is 1. The van der Waals surface area contributed by atoms with Gasteiger partial charge in [0.2, 0.25) is 0 Å². The summed E-state index contributed by atoms with van der Waals surface area (Å²) in [6, 6.07) is 5.17. The molecule has 5 nitrogen and oxygen atoms in total. The van der Waals surface area contributed by atoms with Crippen LogP contribution in [0.25, 0.3) is 0 Å². The average molecular weight is 282 g/mol. The molecule has 1 N–H and O–H groups in total. The Morgan fingerprint density at radius 2 is 1.95 bits per heavy atom. The molecule has 0 bridgehead atoms. The standard InChI is InChI=1S/C15H22O5/c1-6-20-14(17)15(2,3)13(16)10-8-7-9-11(18-4)12(10)19-5/h7-9,13,16H,6H2,1-5H3. The molecule has 1 rings (SSSR count). The Labute approximate surface area is 119 Å². The summed E-state index contributed by atoms with van der Waals surface area (Å²) >= 11 is 0. The molecule has 112 valence electrons. The monoisotopic (exact) mass is 282 g/mol. The fourth-order valence-corrected chi connectivity index (χ4v) is 1.94. The molecule has 0 aliphatic carbocycles. The summed E-state index contributed by atoms with van der Waals surface area (Å²) in [6.07, 6.45) is -1.06. The van der Waals surface area contributed by atoms with Crippen LogP contribution in [0.4, 0.5) is 0 Å². The van der Waals surface area contributed by atoms with Crippen LogP contribution >= 0.6 is 0 Å². The molecule has 0 saturated heterocycles. The molecule has 0 amide bonds. The van der Waals surface area contributed by atoms with Gasteiger partial charge in [-0.25, -0.2) is 0 Å². The summed E-state index contributed by atoms with van der Waals surface area (Å²) in [4.78, 5) is 12.0. The lowest BCUT2D eigenvalue weighted by atomic mass is 9.82. The maximum atomic E-state index is 12.0. The molecule has 0 heterocycles. The van der Waals surface area contributed by atoms with E-state index in [9.17, 15) is 9.90 Å². The number of methoxy groups -OCH3 is 2. The number of ether oxygens (including phenoxy) is 3. The average Bonchev–Trinajstić information content (AvgIpc) is 2.45. The second-order valence-corrected chi connectivity index (χ2v) is 4.93. The second-order valence-electron chi connectivity index (χ2n) is 4.93. The largest absolute Gasteiger partial charge is 0.493 e. The van der Waals surface area contributed by atoms with Crippen LogP contribution in [-0.4, -0.2) is 31.9 Å². The highest BCUT2D eigenvalue weighted by atomic mass is 16.5. The van der Waals surface area contributed by atoms with Gasteiger partial charge < -0.3 is 19.3 Å². The van der Waals surface area contributed by atoms with Crippen LogP contribution in [-0.2, 0) is 9.53 Å². The number of hydrogen-bond acceptors (Lipinski definition) is 5. The van der Waals surface area contributed by atoms with Crippen molar-refractivity contribution in [2.24, 2.45) is 5.41 Å². The summed E-state index contributed by atoms with van der Waals surface area (Å²) in [5.41, 5.74) is -0.597. The van der Waals surface area contributed by atoms with Crippen LogP contribution in [0.15, 0.2) is 18.2 Å². The zero-order valence-electron chi connectivity index (χ0n) is 12.6. The van der Waals surface area contributed by atoms with Crippen molar-refractivity contribution in [3.63, 3.8) is 0 Å². The van der Waals surface area contributed by atoms with Crippen molar-refractivity contribution >= 4 is 5.97 Å². The first-order valence-electron chi connectivity index (χ1n) is 6.46. The molecule has 1 aromatic rings. The number of carbonyl (C=O) groups is 1. The number of carbonyl (C=O) groups excluding carboxylic acids is 1. The van der Waals surface area contributed by atoms with E-state index in [0.29, 0.717) is 17.1 Å². The lowest BCUT2D eigenvalue weighted by molar-refractivity contribution is -0.160. The van der Waals surface area contributed by atoms with Crippen LogP contribution in [0.3, 0.4) is 0 Å². The summed E-state index contributed by atoms with van der Waals surface area (Å²) in [7, 11) is 3.01. The molecule has 1 atom stereocenters. The summed E-state index contributed by atoms with van der Waals surface area (Å²) < 4.78 is 15.5. The number of esters is 1. The van der Waals surface area contributed by atoms with Gasteiger partial charge in [0, 0.05) is 5.56 Å². The van der Waals surface area contributed by atoms with Gasteiger partial charge in [-0.3, -0.25) is 4.79 Å². The van der Waals surface area contributed by atoms with Gasteiger partial charge >= 0.3 is 5.97 Å². The van der Waals surface area contributed by atoms with E-state index in [1.165, 1.54) is 14.2 Å². The third-order valence-corrected chi connectivity index (χ3v) is 3.21. The number of aliphatic hydroxyl groups excluding tert-OH is 1. The topological polar surface area (TPSA) is 65.0 Å².